The summed E-state index contributed by atoms with van der Waals surface area (Å²) in [6, 6.07) is 42.0. The number of ether oxygens (including phenoxy) is 1. The maximum atomic E-state index is 8.51. The van der Waals surface area contributed by atoms with Gasteiger partial charge in [-0.2, -0.15) is 0 Å². The first-order valence-electron chi connectivity index (χ1n) is 13.5. The second-order valence-electron chi connectivity index (χ2n) is 9.53. The molecule has 1 aliphatic rings. The molecule has 37 heavy (non-hydrogen) atoms. The lowest BCUT2D eigenvalue weighted by molar-refractivity contribution is 0.487. The minimum absolute atomic E-state index is 0.471. The van der Waals surface area contributed by atoms with Crippen molar-refractivity contribution in [2.24, 2.45) is 0 Å². The molecule has 1 heteroatoms. The first kappa shape index (κ1) is 18.4. The maximum Gasteiger partial charge on any atom is 0.135 e. The fourth-order valence-electron chi connectivity index (χ4n) is 5.95. The minimum Gasteiger partial charge on any atom is -0.456 e. The largest absolute Gasteiger partial charge is 0.456 e. The Kier molecular flexibility index (Phi) is 3.88. The van der Waals surface area contributed by atoms with Crippen molar-refractivity contribution in [2.45, 2.75) is 0 Å². The van der Waals surface area contributed by atoms with Gasteiger partial charge in [0.2, 0.25) is 0 Å². The van der Waals surface area contributed by atoms with Crippen LogP contribution in [0.3, 0.4) is 0 Å². The molecule has 0 spiro atoms. The van der Waals surface area contributed by atoms with Crippen LogP contribution in [0.25, 0.3) is 65.7 Å². The van der Waals surface area contributed by atoms with Crippen LogP contribution < -0.4 is 4.74 Å². The van der Waals surface area contributed by atoms with Crippen LogP contribution in [0.4, 0.5) is 0 Å². The molecule has 8 rings (SSSR count). The molecule has 7 aromatic carbocycles. The molecule has 1 nitrogen and oxygen atoms in total. The number of hydrogen-bond acceptors (Lipinski definition) is 1. The van der Waals surface area contributed by atoms with Gasteiger partial charge in [-0.05, 0) is 72.9 Å². The second kappa shape index (κ2) is 7.81. The molecule has 0 aromatic heterocycles. The van der Waals surface area contributed by atoms with Crippen molar-refractivity contribution in [2.75, 3.05) is 0 Å². The van der Waals surface area contributed by atoms with Gasteiger partial charge >= 0.3 is 0 Å². The second-order valence-corrected chi connectivity index (χ2v) is 9.53. The normalized spacial score (nSPS) is 12.8. The summed E-state index contributed by atoms with van der Waals surface area (Å²) < 4.78 is 23.3. The molecule has 0 atom stereocenters. The van der Waals surface area contributed by atoms with Gasteiger partial charge in [0, 0.05) is 10.9 Å². The van der Waals surface area contributed by atoms with Crippen molar-refractivity contribution in [1.82, 2.24) is 0 Å². The van der Waals surface area contributed by atoms with Gasteiger partial charge in [-0.25, -0.2) is 0 Å². The van der Waals surface area contributed by atoms with Gasteiger partial charge in [0.05, 0.1) is 2.74 Å². The van der Waals surface area contributed by atoms with E-state index in [-0.39, 0.29) is 0 Å². The Morgan fingerprint density at radius 1 is 0.459 bits per heavy atom. The van der Waals surface area contributed by atoms with Crippen LogP contribution >= 0.6 is 0 Å². The summed E-state index contributed by atoms with van der Waals surface area (Å²) in [5.74, 6) is 1.72. The Balaban J connectivity index is 1.49. The third-order valence-electron chi connectivity index (χ3n) is 7.51. The SMILES string of the molecule is [2H]c1ccc2c(-c3ccc4c(c3)-c3cccc5cccc(c35)O4)c3cc([2H])ccc3c(-c3ccccc3)c2c1. The smallest absolute Gasteiger partial charge is 0.135 e. The third-order valence-corrected chi connectivity index (χ3v) is 7.51. The van der Waals surface area contributed by atoms with Gasteiger partial charge in [0.15, 0.2) is 0 Å². The van der Waals surface area contributed by atoms with Crippen LogP contribution in [-0.2, 0) is 0 Å². The van der Waals surface area contributed by atoms with Crippen molar-refractivity contribution < 1.29 is 7.48 Å². The summed E-state index contributed by atoms with van der Waals surface area (Å²) in [7, 11) is 0. The average molecular weight is 473 g/mol. The van der Waals surface area contributed by atoms with Crippen LogP contribution in [0, 0.1) is 0 Å². The van der Waals surface area contributed by atoms with Crippen LogP contribution in [0.1, 0.15) is 2.74 Å². The van der Waals surface area contributed by atoms with E-state index in [1.807, 2.05) is 54.6 Å². The Labute approximate surface area is 218 Å². The first-order chi connectivity index (χ1) is 19.2. The molecule has 0 N–H and O–H groups in total. The number of rotatable bonds is 2. The molecule has 0 saturated carbocycles. The summed E-state index contributed by atoms with van der Waals surface area (Å²) in [6.07, 6.45) is 0. The van der Waals surface area contributed by atoms with E-state index in [0.717, 1.165) is 77.2 Å². The van der Waals surface area contributed by atoms with E-state index in [0.29, 0.717) is 12.1 Å². The average Bonchev–Trinajstić information content (AvgIpc) is 2.96. The first-order valence-corrected chi connectivity index (χ1v) is 12.5. The van der Waals surface area contributed by atoms with Crippen LogP contribution in [0.2, 0.25) is 0 Å². The standard InChI is InChI=1S/C36H22O/c1-2-10-23(11-3-1)34-26-14-4-6-16-28(26)35(29-17-7-5-15-27(29)34)25-20-21-32-31(22-25)30-18-8-12-24-13-9-19-33(37-32)36(24)30/h1-22H/i4D,7D. The third kappa shape index (κ3) is 2.98. The number of benzene rings is 7. The zero-order valence-electron chi connectivity index (χ0n) is 22.0. The zero-order valence-corrected chi connectivity index (χ0v) is 20.0. The van der Waals surface area contributed by atoms with Crippen molar-refractivity contribution in [3.05, 3.63) is 133 Å². The molecular weight excluding hydrogens is 448 g/mol. The monoisotopic (exact) mass is 472 g/mol. The maximum absolute atomic E-state index is 8.51. The van der Waals surface area contributed by atoms with E-state index in [2.05, 4.69) is 66.7 Å². The molecule has 0 radical (unpaired) electrons. The molecule has 0 amide bonds. The molecule has 7 aromatic rings. The predicted octanol–water partition coefficient (Wildman–Crippen LogP) is 10.3. The summed E-state index contributed by atoms with van der Waals surface area (Å²) in [5, 5.41) is 6.50. The van der Waals surface area contributed by atoms with E-state index >= 15 is 0 Å². The van der Waals surface area contributed by atoms with Crippen molar-refractivity contribution in [3.8, 4) is 44.9 Å². The molecule has 0 fully saturated rings. The van der Waals surface area contributed by atoms with Crippen LogP contribution in [-0.4, -0.2) is 0 Å². The molecule has 172 valence electrons. The highest BCUT2D eigenvalue weighted by molar-refractivity contribution is 6.21. The summed E-state index contributed by atoms with van der Waals surface area (Å²) in [5.41, 5.74) is 6.55. The van der Waals surface area contributed by atoms with Gasteiger partial charge < -0.3 is 4.74 Å². The van der Waals surface area contributed by atoms with E-state index in [4.69, 9.17) is 7.48 Å². The van der Waals surface area contributed by atoms with Gasteiger partial charge in [0.1, 0.15) is 11.5 Å². The Morgan fingerprint density at radius 2 is 1.14 bits per heavy atom. The van der Waals surface area contributed by atoms with E-state index in [1.54, 1.807) is 0 Å². The molecular formula is C36H22O. The predicted molar refractivity (Wildman–Crippen MR) is 155 cm³/mol. The Hall–Kier alpha value is -4.88. The molecule has 0 unspecified atom stereocenters. The zero-order chi connectivity index (χ0) is 26.1. The van der Waals surface area contributed by atoms with Crippen molar-refractivity contribution in [1.29, 1.82) is 0 Å². The molecule has 1 aliphatic heterocycles. The highest BCUT2D eigenvalue weighted by Gasteiger charge is 2.22. The van der Waals surface area contributed by atoms with Crippen molar-refractivity contribution in [3.63, 3.8) is 0 Å². The van der Waals surface area contributed by atoms with Gasteiger partial charge in [-0.1, -0.05) is 115 Å². The lowest BCUT2D eigenvalue weighted by atomic mass is 9.85. The summed E-state index contributed by atoms with van der Waals surface area (Å²) >= 11 is 0. The lowest BCUT2D eigenvalue weighted by Gasteiger charge is -2.23. The van der Waals surface area contributed by atoms with Crippen LogP contribution in [0.15, 0.2) is 133 Å². The fourth-order valence-corrected chi connectivity index (χ4v) is 5.95. The topological polar surface area (TPSA) is 9.23 Å². The number of fused-ring (bicyclic) bond motifs is 4. The fraction of sp³-hybridized carbons (Fsp3) is 0. The van der Waals surface area contributed by atoms with Gasteiger partial charge in [-0.15, -0.1) is 0 Å². The molecule has 0 bridgehead atoms. The molecule has 1 heterocycles. The Morgan fingerprint density at radius 3 is 1.89 bits per heavy atom. The van der Waals surface area contributed by atoms with Crippen molar-refractivity contribution >= 4 is 32.3 Å². The summed E-state index contributed by atoms with van der Waals surface area (Å²) in [6.45, 7) is 0. The van der Waals surface area contributed by atoms with E-state index < -0.39 is 0 Å². The minimum atomic E-state index is 0.471. The van der Waals surface area contributed by atoms with Crippen LogP contribution in [0.5, 0.6) is 11.5 Å². The molecule has 0 saturated heterocycles. The quantitative estimate of drug-likeness (QED) is 0.227. The molecule has 0 aliphatic carbocycles. The lowest BCUT2D eigenvalue weighted by Crippen LogP contribution is -1.97. The van der Waals surface area contributed by atoms with Gasteiger partial charge in [0.25, 0.3) is 0 Å². The summed E-state index contributed by atoms with van der Waals surface area (Å²) in [4.78, 5) is 0. The van der Waals surface area contributed by atoms with E-state index in [1.165, 1.54) is 0 Å². The number of hydrogen-bond donors (Lipinski definition) is 0. The highest BCUT2D eigenvalue weighted by atomic mass is 16.5. The van der Waals surface area contributed by atoms with Gasteiger partial charge in [-0.3, -0.25) is 0 Å². The highest BCUT2D eigenvalue weighted by Crippen LogP contribution is 2.49. The van der Waals surface area contributed by atoms with E-state index in [9.17, 15) is 0 Å². The Bertz CT molecular complexity index is 2110.